The number of aromatic nitrogens is 2. The van der Waals surface area contributed by atoms with Crippen LogP contribution < -0.4 is 4.74 Å². The number of benzene rings is 2. The van der Waals surface area contributed by atoms with Crippen LogP contribution in [-0.2, 0) is 6.54 Å². The van der Waals surface area contributed by atoms with E-state index in [1.165, 1.54) is 0 Å². The molecule has 6 nitrogen and oxygen atoms in total. The quantitative estimate of drug-likeness (QED) is 0.497. The van der Waals surface area contributed by atoms with E-state index in [1.807, 2.05) is 35.0 Å². The average Bonchev–Trinajstić information content (AvgIpc) is 3.22. The van der Waals surface area contributed by atoms with Crippen molar-refractivity contribution < 1.29 is 9.84 Å². The van der Waals surface area contributed by atoms with Gasteiger partial charge in [-0.25, -0.2) is 4.98 Å². The third kappa shape index (κ3) is 5.13. The van der Waals surface area contributed by atoms with Crippen molar-refractivity contribution in [2.24, 2.45) is 0 Å². The summed E-state index contributed by atoms with van der Waals surface area (Å²) in [7, 11) is 0. The topological polar surface area (TPSA) is 74.3 Å². The maximum absolute atomic E-state index is 9.70. The monoisotopic (exact) mass is 412 g/mol. The number of rotatable bonds is 6. The van der Waals surface area contributed by atoms with Crippen molar-refractivity contribution in [2.45, 2.75) is 25.7 Å². The maximum atomic E-state index is 9.70. The summed E-state index contributed by atoms with van der Waals surface area (Å²) in [6.45, 7) is 4.25. The fourth-order valence-corrected chi connectivity index (χ4v) is 3.54. The second kappa shape index (κ2) is 9.49. The van der Waals surface area contributed by atoms with Crippen LogP contribution in [0.15, 0.2) is 60.9 Å². The molecule has 2 aromatic carbocycles. The Morgan fingerprint density at radius 1 is 1.10 bits per heavy atom. The van der Waals surface area contributed by atoms with Crippen LogP contribution in [0.5, 0.6) is 5.75 Å². The zero-order valence-corrected chi connectivity index (χ0v) is 17.4. The molecule has 0 aliphatic carbocycles. The van der Waals surface area contributed by atoms with Gasteiger partial charge in [-0.1, -0.05) is 36.1 Å². The van der Waals surface area contributed by atoms with Gasteiger partial charge in [0.05, 0.1) is 19.2 Å². The zero-order valence-electron chi connectivity index (χ0n) is 17.4. The van der Waals surface area contributed by atoms with Crippen molar-refractivity contribution in [1.29, 1.82) is 5.26 Å². The van der Waals surface area contributed by atoms with Crippen molar-refractivity contribution in [2.75, 3.05) is 19.6 Å². The first-order valence-corrected chi connectivity index (χ1v) is 10.3. The number of hydrogen-bond donors (Lipinski definition) is 1. The molecule has 0 bridgehead atoms. The third-order valence-corrected chi connectivity index (χ3v) is 5.20. The molecule has 3 aromatic rings. The lowest BCUT2D eigenvalue weighted by atomic mass is 10.0. The highest BCUT2D eigenvalue weighted by atomic mass is 16.5. The van der Waals surface area contributed by atoms with Gasteiger partial charge in [0, 0.05) is 31.0 Å². The molecular formula is C25H24N4O2. The summed E-state index contributed by atoms with van der Waals surface area (Å²) in [5.41, 5.74) is 3.17. The van der Waals surface area contributed by atoms with Gasteiger partial charge in [0.15, 0.2) is 0 Å². The lowest BCUT2D eigenvalue weighted by Gasteiger charge is -2.37. The highest BCUT2D eigenvalue weighted by Crippen LogP contribution is 2.24. The minimum Gasteiger partial charge on any atom is -0.488 e. The summed E-state index contributed by atoms with van der Waals surface area (Å²) >= 11 is 0. The van der Waals surface area contributed by atoms with Gasteiger partial charge in [0.1, 0.15) is 23.8 Å². The van der Waals surface area contributed by atoms with Gasteiger partial charge < -0.3 is 14.4 Å². The fraction of sp³-hybridized carbons (Fsp3) is 0.280. The van der Waals surface area contributed by atoms with Crippen LogP contribution >= 0.6 is 0 Å². The van der Waals surface area contributed by atoms with E-state index in [4.69, 9.17) is 10.00 Å². The normalized spacial score (nSPS) is 14.7. The van der Waals surface area contributed by atoms with Crippen molar-refractivity contribution in [3.63, 3.8) is 0 Å². The summed E-state index contributed by atoms with van der Waals surface area (Å²) in [6, 6.07) is 18.4. The molecule has 6 heteroatoms. The van der Waals surface area contributed by atoms with Crippen LogP contribution in [0, 0.1) is 23.2 Å². The van der Waals surface area contributed by atoms with Crippen LogP contribution in [0.2, 0.25) is 0 Å². The van der Waals surface area contributed by atoms with E-state index in [1.54, 1.807) is 13.1 Å². The predicted molar refractivity (Wildman–Crippen MR) is 118 cm³/mol. The molecule has 2 heterocycles. The number of likely N-dealkylation sites (tertiary alicyclic amines) is 1. The van der Waals surface area contributed by atoms with Crippen molar-refractivity contribution >= 4 is 0 Å². The Labute approximate surface area is 182 Å². The summed E-state index contributed by atoms with van der Waals surface area (Å²) in [4.78, 5) is 6.21. The van der Waals surface area contributed by atoms with Gasteiger partial charge in [0.25, 0.3) is 0 Å². The van der Waals surface area contributed by atoms with E-state index in [2.05, 4.69) is 52.1 Å². The molecule has 1 saturated heterocycles. The molecule has 1 fully saturated rings. The number of aliphatic hydroxyl groups is 1. The van der Waals surface area contributed by atoms with Crippen LogP contribution in [0.3, 0.4) is 0 Å². The van der Waals surface area contributed by atoms with E-state index >= 15 is 0 Å². The van der Waals surface area contributed by atoms with E-state index in [0.29, 0.717) is 18.9 Å². The lowest BCUT2D eigenvalue weighted by Crippen LogP contribution is -2.53. The first-order chi connectivity index (χ1) is 15.1. The second-order valence-electron chi connectivity index (χ2n) is 7.58. The minimum absolute atomic E-state index is 0.163. The molecule has 31 heavy (non-hydrogen) atoms. The van der Waals surface area contributed by atoms with Gasteiger partial charge in [-0.05, 0) is 42.3 Å². The van der Waals surface area contributed by atoms with E-state index in [0.717, 1.165) is 35.5 Å². The van der Waals surface area contributed by atoms with Gasteiger partial charge >= 0.3 is 0 Å². The summed E-state index contributed by atoms with van der Waals surface area (Å²) in [5, 5.41) is 18.4. The second-order valence-corrected chi connectivity index (χ2v) is 7.58. The molecule has 0 saturated carbocycles. The van der Waals surface area contributed by atoms with Gasteiger partial charge in [-0.15, -0.1) is 0 Å². The predicted octanol–water partition coefficient (Wildman–Crippen LogP) is 3.24. The molecule has 1 N–H and O–H groups in total. The van der Waals surface area contributed by atoms with Crippen LogP contribution in [0.4, 0.5) is 0 Å². The first-order valence-electron chi connectivity index (χ1n) is 10.3. The van der Waals surface area contributed by atoms with Gasteiger partial charge in [0.2, 0.25) is 0 Å². The molecule has 1 aromatic heterocycles. The Morgan fingerprint density at radius 3 is 2.42 bits per heavy atom. The number of ether oxygens (including phenoxy) is 1. The summed E-state index contributed by atoms with van der Waals surface area (Å²) in [6.07, 6.45) is 3.04. The Kier molecular flexibility index (Phi) is 6.33. The number of nitrogens with zero attached hydrogens (tertiary/aromatic N) is 4. The van der Waals surface area contributed by atoms with Crippen LogP contribution in [0.1, 0.15) is 24.4 Å². The molecule has 1 atom stereocenters. The third-order valence-electron chi connectivity index (χ3n) is 5.20. The molecule has 1 aliphatic heterocycles. The molecule has 0 radical (unpaired) electrons. The highest BCUT2D eigenvalue weighted by molar-refractivity contribution is 5.65. The molecule has 0 amide bonds. The van der Waals surface area contributed by atoms with E-state index in [-0.39, 0.29) is 6.10 Å². The SMILES string of the molecule is CC(O)c1nccn1CC#Cc1ccc(-c2ccc(OC3CN(CC#N)C3)cc2)cc1. The molecular weight excluding hydrogens is 388 g/mol. The molecule has 0 spiro atoms. The molecule has 4 rings (SSSR count). The smallest absolute Gasteiger partial charge is 0.138 e. The zero-order chi connectivity index (χ0) is 21.6. The Morgan fingerprint density at radius 2 is 1.77 bits per heavy atom. The van der Waals surface area contributed by atoms with Crippen LogP contribution in [0.25, 0.3) is 11.1 Å². The molecule has 1 aliphatic rings. The molecule has 156 valence electrons. The van der Waals surface area contributed by atoms with E-state index < -0.39 is 6.10 Å². The Balaban J connectivity index is 1.33. The highest BCUT2D eigenvalue weighted by Gasteiger charge is 2.27. The minimum atomic E-state index is -0.611. The number of imidazole rings is 1. The number of aliphatic hydroxyl groups excluding tert-OH is 1. The van der Waals surface area contributed by atoms with Gasteiger partial charge in [-0.2, -0.15) is 5.26 Å². The number of hydrogen-bond acceptors (Lipinski definition) is 5. The first kappa shape index (κ1) is 20.7. The summed E-state index contributed by atoms with van der Waals surface area (Å²) < 4.78 is 7.79. The Bertz CT molecular complexity index is 1110. The largest absolute Gasteiger partial charge is 0.488 e. The fourth-order valence-electron chi connectivity index (χ4n) is 3.54. The van der Waals surface area contributed by atoms with Crippen LogP contribution in [-0.4, -0.2) is 45.3 Å². The van der Waals surface area contributed by atoms with Gasteiger partial charge in [-0.3, -0.25) is 4.90 Å². The van der Waals surface area contributed by atoms with Crippen molar-refractivity contribution in [1.82, 2.24) is 14.5 Å². The maximum Gasteiger partial charge on any atom is 0.138 e. The average molecular weight is 412 g/mol. The Hall–Kier alpha value is -3.58. The standard InChI is InChI=1S/C25H24N4O2/c1-19(30)25-27-13-16-29(25)14-2-3-20-4-6-21(7-5-20)22-8-10-23(11-9-22)31-24-17-28(18-24)15-12-26/h4-11,13,16,19,24,30H,14-15,17-18H2,1H3. The lowest BCUT2D eigenvalue weighted by molar-refractivity contribution is 0.0293. The molecule has 1 unspecified atom stereocenters. The van der Waals surface area contributed by atoms with E-state index in [9.17, 15) is 5.11 Å². The van der Waals surface area contributed by atoms with Crippen molar-refractivity contribution in [3.05, 3.63) is 72.3 Å². The van der Waals surface area contributed by atoms with Crippen molar-refractivity contribution in [3.8, 4) is 34.8 Å². The summed E-state index contributed by atoms with van der Waals surface area (Å²) in [5.74, 6) is 7.76. The number of nitriles is 1.